The highest BCUT2D eigenvalue weighted by Gasteiger charge is 2.22. The number of amides is 1. The first-order chi connectivity index (χ1) is 14.7. The highest BCUT2D eigenvalue weighted by Crippen LogP contribution is 2.35. The molecule has 8 nitrogen and oxygen atoms in total. The molecule has 0 radical (unpaired) electrons. The number of aromatic nitrogens is 3. The molecule has 2 aromatic heterocycles. The van der Waals surface area contributed by atoms with Gasteiger partial charge in [-0.05, 0) is 36.4 Å². The number of rotatable bonds is 4. The molecule has 1 N–H and O–H groups in total. The lowest BCUT2D eigenvalue weighted by Crippen LogP contribution is -2.36. The first-order valence-electron chi connectivity index (χ1n) is 9.50. The lowest BCUT2D eigenvalue weighted by molar-refractivity contribution is 0.102. The van der Waals surface area contributed by atoms with Crippen LogP contribution in [0.2, 0.25) is 0 Å². The lowest BCUT2D eigenvalue weighted by Gasteiger charge is -2.29. The standard InChI is InChI=1S/C21H18FN5O3/c22-14-4-6-15(7-5-14)27-18-3-1-2-17(26-8-10-29-11-9-26)19(18)20(25-27)24-21(28)16-12-30-13-23-16/h1-7,12-13H,8-11H2,(H,24,25,28). The van der Waals surface area contributed by atoms with E-state index >= 15 is 0 Å². The summed E-state index contributed by atoms with van der Waals surface area (Å²) in [7, 11) is 0. The number of carbonyl (C=O) groups is 1. The third kappa shape index (κ3) is 3.29. The largest absolute Gasteiger partial charge is 0.451 e. The first-order valence-corrected chi connectivity index (χ1v) is 9.50. The number of fused-ring (bicyclic) bond motifs is 1. The van der Waals surface area contributed by atoms with E-state index < -0.39 is 5.91 Å². The number of benzene rings is 2. The van der Waals surface area contributed by atoms with Gasteiger partial charge in [0, 0.05) is 13.1 Å². The summed E-state index contributed by atoms with van der Waals surface area (Å²) in [6, 6.07) is 11.9. The van der Waals surface area contributed by atoms with Crippen molar-refractivity contribution in [3.8, 4) is 5.69 Å². The predicted molar refractivity (Wildman–Crippen MR) is 109 cm³/mol. The second-order valence-corrected chi connectivity index (χ2v) is 6.84. The van der Waals surface area contributed by atoms with Crippen LogP contribution < -0.4 is 10.2 Å². The molecule has 1 saturated heterocycles. The fourth-order valence-corrected chi connectivity index (χ4v) is 3.58. The Kier molecular flexibility index (Phi) is 4.64. The van der Waals surface area contributed by atoms with Crippen molar-refractivity contribution < 1.29 is 18.3 Å². The molecule has 152 valence electrons. The molecule has 1 amide bonds. The Bertz CT molecular complexity index is 1180. The topological polar surface area (TPSA) is 85.4 Å². The summed E-state index contributed by atoms with van der Waals surface area (Å²) in [5.74, 6) is -0.362. The molecule has 4 aromatic rings. The Morgan fingerprint density at radius 2 is 1.90 bits per heavy atom. The van der Waals surface area contributed by atoms with E-state index in [0.717, 1.165) is 29.7 Å². The van der Waals surface area contributed by atoms with Gasteiger partial charge >= 0.3 is 0 Å². The summed E-state index contributed by atoms with van der Waals surface area (Å²) >= 11 is 0. The van der Waals surface area contributed by atoms with Gasteiger partial charge in [-0.3, -0.25) is 4.79 Å². The Morgan fingerprint density at radius 3 is 2.63 bits per heavy atom. The van der Waals surface area contributed by atoms with Crippen molar-refractivity contribution in [2.75, 3.05) is 36.5 Å². The third-order valence-corrected chi connectivity index (χ3v) is 5.01. The fraction of sp³-hybridized carbons (Fsp3) is 0.190. The van der Waals surface area contributed by atoms with Crippen LogP contribution >= 0.6 is 0 Å². The minimum Gasteiger partial charge on any atom is -0.451 e. The van der Waals surface area contributed by atoms with Gasteiger partial charge in [-0.25, -0.2) is 14.1 Å². The Morgan fingerprint density at radius 1 is 1.10 bits per heavy atom. The fourth-order valence-electron chi connectivity index (χ4n) is 3.58. The van der Waals surface area contributed by atoms with Crippen molar-refractivity contribution in [2.45, 2.75) is 0 Å². The van der Waals surface area contributed by atoms with Crippen LogP contribution in [0.15, 0.2) is 59.5 Å². The predicted octanol–water partition coefficient (Wildman–Crippen LogP) is 3.24. The average molecular weight is 407 g/mol. The number of nitrogens with zero attached hydrogens (tertiary/aromatic N) is 4. The summed E-state index contributed by atoms with van der Waals surface area (Å²) < 4.78 is 25.5. The highest BCUT2D eigenvalue weighted by molar-refractivity contribution is 6.10. The average Bonchev–Trinajstić information content (AvgIpc) is 3.44. The van der Waals surface area contributed by atoms with E-state index in [0.29, 0.717) is 24.7 Å². The van der Waals surface area contributed by atoms with Crippen molar-refractivity contribution >= 4 is 28.3 Å². The third-order valence-electron chi connectivity index (χ3n) is 5.01. The zero-order valence-corrected chi connectivity index (χ0v) is 15.9. The number of oxazole rings is 1. The lowest BCUT2D eigenvalue weighted by atomic mass is 10.1. The molecular formula is C21H18FN5O3. The Balaban J connectivity index is 1.66. The SMILES string of the molecule is O=C(Nc1nn(-c2ccc(F)cc2)c2cccc(N3CCOCC3)c12)c1cocn1. The molecule has 9 heteroatoms. The van der Waals surface area contributed by atoms with Crippen LogP contribution in [0.1, 0.15) is 10.5 Å². The zero-order valence-electron chi connectivity index (χ0n) is 15.9. The summed E-state index contributed by atoms with van der Waals surface area (Å²) in [5, 5.41) is 8.28. The molecule has 0 saturated carbocycles. The van der Waals surface area contributed by atoms with Gasteiger partial charge in [0.1, 0.15) is 12.1 Å². The Labute approximate surface area is 170 Å². The van der Waals surface area contributed by atoms with Gasteiger partial charge in [0.25, 0.3) is 5.91 Å². The number of hydrogen-bond donors (Lipinski definition) is 1. The Hall–Kier alpha value is -3.72. The molecule has 0 bridgehead atoms. The minimum atomic E-state index is -0.425. The minimum absolute atomic E-state index is 0.156. The zero-order chi connectivity index (χ0) is 20.5. The van der Waals surface area contributed by atoms with E-state index in [4.69, 9.17) is 9.15 Å². The van der Waals surface area contributed by atoms with Gasteiger partial charge in [0.15, 0.2) is 17.9 Å². The maximum Gasteiger partial charge on any atom is 0.278 e. The number of halogens is 1. The van der Waals surface area contributed by atoms with E-state index in [1.54, 1.807) is 16.8 Å². The van der Waals surface area contributed by atoms with Crippen LogP contribution in [0.5, 0.6) is 0 Å². The second kappa shape index (κ2) is 7.60. The molecule has 0 unspecified atom stereocenters. The second-order valence-electron chi connectivity index (χ2n) is 6.84. The number of ether oxygens (including phenoxy) is 1. The van der Waals surface area contributed by atoms with Gasteiger partial charge in [0.2, 0.25) is 0 Å². The molecule has 0 spiro atoms. The molecule has 1 aliphatic rings. The van der Waals surface area contributed by atoms with Gasteiger partial charge < -0.3 is 19.4 Å². The molecule has 0 atom stereocenters. The van der Waals surface area contributed by atoms with Crippen molar-refractivity contribution in [1.82, 2.24) is 14.8 Å². The molecular weight excluding hydrogens is 389 g/mol. The number of hydrogen-bond acceptors (Lipinski definition) is 6. The summed E-state index contributed by atoms with van der Waals surface area (Å²) in [6.07, 6.45) is 2.47. The maximum atomic E-state index is 13.4. The monoisotopic (exact) mass is 407 g/mol. The van der Waals surface area contributed by atoms with Crippen molar-refractivity contribution in [1.29, 1.82) is 0 Å². The van der Waals surface area contributed by atoms with Crippen molar-refractivity contribution in [2.24, 2.45) is 0 Å². The highest BCUT2D eigenvalue weighted by atomic mass is 19.1. The first kappa shape index (κ1) is 18.3. The van der Waals surface area contributed by atoms with E-state index in [-0.39, 0.29) is 11.5 Å². The van der Waals surface area contributed by atoms with Crippen molar-refractivity contribution in [3.63, 3.8) is 0 Å². The van der Waals surface area contributed by atoms with Crippen LogP contribution in [0.4, 0.5) is 15.9 Å². The molecule has 2 aromatic carbocycles. The van der Waals surface area contributed by atoms with Crippen LogP contribution in [-0.2, 0) is 4.74 Å². The summed E-state index contributed by atoms with van der Waals surface area (Å²) in [4.78, 5) is 18.7. The van der Waals surface area contributed by atoms with Gasteiger partial charge in [-0.1, -0.05) is 6.07 Å². The normalized spacial score (nSPS) is 14.2. The molecule has 1 aliphatic heterocycles. The van der Waals surface area contributed by atoms with Crippen LogP contribution in [0.25, 0.3) is 16.6 Å². The maximum absolute atomic E-state index is 13.4. The summed E-state index contributed by atoms with van der Waals surface area (Å²) in [5.41, 5.74) is 2.58. The molecule has 1 fully saturated rings. The van der Waals surface area contributed by atoms with E-state index in [9.17, 15) is 9.18 Å². The smallest absolute Gasteiger partial charge is 0.278 e. The van der Waals surface area contributed by atoms with Crippen LogP contribution in [-0.4, -0.2) is 47.0 Å². The van der Waals surface area contributed by atoms with E-state index in [1.807, 2.05) is 18.2 Å². The van der Waals surface area contributed by atoms with Crippen LogP contribution in [0.3, 0.4) is 0 Å². The van der Waals surface area contributed by atoms with Crippen LogP contribution in [0, 0.1) is 5.82 Å². The number of nitrogens with one attached hydrogen (secondary N) is 1. The van der Waals surface area contributed by atoms with Gasteiger partial charge in [0.05, 0.1) is 35.5 Å². The van der Waals surface area contributed by atoms with E-state index in [2.05, 4.69) is 20.3 Å². The molecule has 5 rings (SSSR count). The summed E-state index contributed by atoms with van der Waals surface area (Å²) in [6.45, 7) is 2.72. The molecule has 0 aliphatic carbocycles. The van der Waals surface area contributed by atoms with E-state index in [1.165, 1.54) is 24.8 Å². The number of carbonyl (C=O) groups excluding carboxylic acids is 1. The van der Waals surface area contributed by atoms with Gasteiger partial charge in [-0.2, -0.15) is 0 Å². The number of morpholine rings is 1. The quantitative estimate of drug-likeness (QED) is 0.559. The molecule has 3 heterocycles. The van der Waals surface area contributed by atoms with Crippen molar-refractivity contribution in [3.05, 3.63) is 66.6 Å². The van der Waals surface area contributed by atoms with Gasteiger partial charge in [-0.15, -0.1) is 5.10 Å². The molecule has 30 heavy (non-hydrogen) atoms. The number of anilines is 2.